The molecule has 138 valence electrons. The number of ether oxygens (including phenoxy) is 1. The van der Waals surface area contributed by atoms with E-state index in [-0.39, 0.29) is 6.61 Å². The Morgan fingerprint density at radius 1 is 0.741 bits per heavy atom. The molecule has 0 atom stereocenters. The fourth-order valence-corrected chi connectivity index (χ4v) is 3.18. The van der Waals surface area contributed by atoms with Gasteiger partial charge in [-0.3, -0.25) is 0 Å². The lowest BCUT2D eigenvalue weighted by Gasteiger charge is -2.17. The van der Waals surface area contributed by atoms with Crippen LogP contribution in [0.2, 0.25) is 0 Å². The monoisotopic (exact) mass is 359 g/mol. The van der Waals surface area contributed by atoms with E-state index < -0.39 is 0 Å². The highest BCUT2D eigenvalue weighted by atomic mass is 16.5. The maximum Gasteiger partial charge on any atom is 0.119 e. The van der Waals surface area contributed by atoms with Crippen LogP contribution < -0.4 is 10.5 Å². The number of hydrogen-bond acceptors (Lipinski definition) is 3. The largest absolute Gasteiger partial charge is 0.492 e. The highest BCUT2D eigenvalue weighted by Gasteiger charge is 2.14. The van der Waals surface area contributed by atoms with Crippen molar-refractivity contribution in [1.82, 2.24) is 0 Å². The Morgan fingerprint density at radius 3 is 1.85 bits per heavy atom. The van der Waals surface area contributed by atoms with Gasteiger partial charge in [0, 0.05) is 13.2 Å². The third kappa shape index (κ3) is 4.85. The van der Waals surface area contributed by atoms with Crippen LogP contribution in [0.3, 0.4) is 0 Å². The molecular weight excluding hydrogens is 334 g/mol. The lowest BCUT2D eigenvalue weighted by molar-refractivity contribution is 0.305. The Balaban J connectivity index is 2.13. The maximum atomic E-state index is 9.72. The predicted octanol–water partition coefficient (Wildman–Crippen LogP) is 4.37. The third-order valence-electron chi connectivity index (χ3n) is 4.38. The lowest BCUT2D eigenvalue weighted by atomic mass is 9.88. The molecule has 3 heteroatoms. The standard InChI is InChI=1S/C24H25NO2/c25-16-18-27-22-13-11-21(12-14-22)24(20-9-5-2-6-10-20)23(15-17-26)19-7-3-1-4-8-19/h1-14,26H,15-18,25H2/b24-23+. The molecule has 0 unspecified atom stereocenters. The van der Waals surface area contributed by atoms with E-state index in [0.29, 0.717) is 19.6 Å². The van der Waals surface area contributed by atoms with Gasteiger partial charge < -0.3 is 15.6 Å². The number of rotatable bonds is 8. The van der Waals surface area contributed by atoms with Crippen molar-refractivity contribution in [3.8, 4) is 5.75 Å². The molecule has 0 heterocycles. The van der Waals surface area contributed by atoms with E-state index in [0.717, 1.165) is 33.6 Å². The highest BCUT2D eigenvalue weighted by Crippen LogP contribution is 2.34. The number of aliphatic hydroxyl groups is 1. The summed E-state index contributed by atoms with van der Waals surface area (Å²) in [6.45, 7) is 1.09. The summed E-state index contributed by atoms with van der Waals surface area (Å²) in [4.78, 5) is 0. The summed E-state index contributed by atoms with van der Waals surface area (Å²) in [5, 5.41) is 9.72. The average Bonchev–Trinajstić information content (AvgIpc) is 2.74. The molecule has 0 fully saturated rings. The quantitative estimate of drug-likeness (QED) is 0.587. The molecule has 0 radical (unpaired) electrons. The fourth-order valence-electron chi connectivity index (χ4n) is 3.18. The van der Waals surface area contributed by atoms with Gasteiger partial charge in [-0.2, -0.15) is 0 Å². The minimum Gasteiger partial charge on any atom is -0.492 e. The summed E-state index contributed by atoms with van der Waals surface area (Å²) in [5.74, 6) is 0.806. The van der Waals surface area contributed by atoms with Gasteiger partial charge in [0.05, 0.1) is 0 Å². The van der Waals surface area contributed by atoms with Crippen LogP contribution in [0.4, 0.5) is 0 Å². The van der Waals surface area contributed by atoms with Gasteiger partial charge in [0.2, 0.25) is 0 Å². The van der Waals surface area contributed by atoms with Gasteiger partial charge in [-0.25, -0.2) is 0 Å². The van der Waals surface area contributed by atoms with Gasteiger partial charge in [-0.15, -0.1) is 0 Å². The van der Waals surface area contributed by atoms with E-state index in [1.54, 1.807) is 0 Å². The minimum absolute atomic E-state index is 0.0955. The normalized spacial score (nSPS) is 11.8. The van der Waals surface area contributed by atoms with Crippen LogP contribution in [-0.4, -0.2) is 24.9 Å². The van der Waals surface area contributed by atoms with Crippen molar-refractivity contribution in [1.29, 1.82) is 0 Å². The number of hydrogen-bond donors (Lipinski definition) is 2. The van der Waals surface area contributed by atoms with Gasteiger partial charge in [-0.05, 0) is 46.4 Å². The van der Waals surface area contributed by atoms with Gasteiger partial charge in [0.15, 0.2) is 0 Å². The van der Waals surface area contributed by atoms with Crippen molar-refractivity contribution >= 4 is 11.1 Å². The second-order valence-corrected chi connectivity index (χ2v) is 6.22. The van der Waals surface area contributed by atoms with E-state index in [2.05, 4.69) is 36.4 Å². The molecule has 0 aliphatic carbocycles. The SMILES string of the molecule is NCCOc1ccc(/C(=C(\CCO)c2ccccc2)c2ccccc2)cc1. The van der Waals surface area contributed by atoms with Gasteiger partial charge in [0.25, 0.3) is 0 Å². The summed E-state index contributed by atoms with van der Waals surface area (Å²) in [5.41, 5.74) is 11.1. The Morgan fingerprint density at radius 2 is 1.30 bits per heavy atom. The zero-order chi connectivity index (χ0) is 18.9. The first-order valence-corrected chi connectivity index (χ1v) is 9.21. The molecular formula is C24H25NO2. The highest BCUT2D eigenvalue weighted by molar-refractivity contribution is 5.98. The van der Waals surface area contributed by atoms with E-state index in [4.69, 9.17) is 10.5 Å². The van der Waals surface area contributed by atoms with Crippen LogP contribution in [0.25, 0.3) is 11.1 Å². The predicted molar refractivity (Wildman–Crippen MR) is 111 cm³/mol. The molecule has 0 saturated heterocycles. The molecule has 0 aromatic heterocycles. The molecule has 0 bridgehead atoms. The van der Waals surface area contributed by atoms with Gasteiger partial charge in [0.1, 0.15) is 12.4 Å². The number of nitrogens with two attached hydrogens (primary N) is 1. The molecule has 0 aliphatic rings. The molecule has 3 aromatic rings. The van der Waals surface area contributed by atoms with Gasteiger partial charge >= 0.3 is 0 Å². The second-order valence-electron chi connectivity index (χ2n) is 6.22. The molecule has 27 heavy (non-hydrogen) atoms. The third-order valence-corrected chi connectivity index (χ3v) is 4.38. The summed E-state index contributed by atoms with van der Waals surface area (Å²) < 4.78 is 5.61. The first-order chi connectivity index (χ1) is 13.3. The fraction of sp³-hybridized carbons (Fsp3) is 0.167. The summed E-state index contributed by atoms with van der Waals surface area (Å²) >= 11 is 0. The zero-order valence-electron chi connectivity index (χ0n) is 15.3. The van der Waals surface area contributed by atoms with Crippen molar-refractivity contribution in [2.45, 2.75) is 6.42 Å². The van der Waals surface area contributed by atoms with Crippen LogP contribution in [0, 0.1) is 0 Å². The van der Waals surface area contributed by atoms with E-state index in [1.165, 1.54) is 0 Å². The zero-order valence-corrected chi connectivity index (χ0v) is 15.3. The Bertz CT molecular complexity index is 856. The van der Waals surface area contributed by atoms with Crippen molar-refractivity contribution in [3.63, 3.8) is 0 Å². The van der Waals surface area contributed by atoms with Crippen LogP contribution in [0.5, 0.6) is 5.75 Å². The second kappa shape index (κ2) is 9.72. The van der Waals surface area contributed by atoms with Crippen LogP contribution >= 0.6 is 0 Å². The number of benzene rings is 3. The summed E-state index contributed by atoms with van der Waals surface area (Å²) in [6.07, 6.45) is 0.583. The molecule has 3 nitrogen and oxygen atoms in total. The first kappa shape index (κ1) is 18.9. The van der Waals surface area contributed by atoms with Crippen molar-refractivity contribution in [3.05, 3.63) is 102 Å². The van der Waals surface area contributed by atoms with Crippen molar-refractivity contribution in [2.24, 2.45) is 5.73 Å². The summed E-state index contributed by atoms with van der Waals surface area (Å²) in [7, 11) is 0. The Hall–Kier alpha value is -2.88. The topological polar surface area (TPSA) is 55.5 Å². The molecule has 0 aliphatic heterocycles. The number of aliphatic hydroxyl groups excluding tert-OH is 1. The van der Waals surface area contributed by atoms with E-state index in [9.17, 15) is 5.11 Å². The lowest BCUT2D eigenvalue weighted by Crippen LogP contribution is -2.10. The minimum atomic E-state index is 0.0955. The Kier molecular flexibility index (Phi) is 6.80. The molecule has 3 N–H and O–H groups in total. The molecule has 0 saturated carbocycles. The maximum absolute atomic E-state index is 9.72. The molecule has 0 spiro atoms. The van der Waals surface area contributed by atoms with E-state index in [1.807, 2.05) is 48.5 Å². The van der Waals surface area contributed by atoms with Crippen LogP contribution in [-0.2, 0) is 0 Å². The molecule has 3 aromatic carbocycles. The average molecular weight is 359 g/mol. The van der Waals surface area contributed by atoms with Crippen molar-refractivity contribution in [2.75, 3.05) is 19.8 Å². The first-order valence-electron chi connectivity index (χ1n) is 9.21. The molecule has 0 amide bonds. The summed E-state index contributed by atoms with van der Waals surface area (Å²) in [6, 6.07) is 28.6. The van der Waals surface area contributed by atoms with Gasteiger partial charge in [-0.1, -0.05) is 72.8 Å². The molecule has 3 rings (SSSR count). The van der Waals surface area contributed by atoms with Crippen LogP contribution in [0.15, 0.2) is 84.9 Å². The Labute approximate surface area is 160 Å². The van der Waals surface area contributed by atoms with E-state index >= 15 is 0 Å². The van der Waals surface area contributed by atoms with Crippen molar-refractivity contribution < 1.29 is 9.84 Å². The van der Waals surface area contributed by atoms with Crippen LogP contribution in [0.1, 0.15) is 23.1 Å². The smallest absolute Gasteiger partial charge is 0.119 e.